The number of halogens is 3. The zero-order valence-electron chi connectivity index (χ0n) is 16.8. The number of fused-ring (bicyclic) bond motifs is 5. The van der Waals surface area contributed by atoms with E-state index in [1.165, 1.54) is 17.2 Å². The first-order valence-corrected chi connectivity index (χ1v) is 10.3. The molecule has 4 rings (SSSR count). The van der Waals surface area contributed by atoms with Gasteiger partial charge in [-0.25, -0.2) is 4.79 Å². The van der Waals surface area contributed by atoms with Crippen LogP contribution in [-0.2, 0) is 16.0 Å². The number of ether oxygens (including phenoxy) is 2. The molecule has 0 bridgehead atoms. The van der Waals surface area contributed by atoms with Crippen LogP contribution in [0.25, 0.3) is 0 Å². The van der Waals surface area contributed by atoms with Crippen LogP contribution >= 0.6 is 0 Å². The van der Waals surface area contributed by atoms with E-state index in [2.05, 4.69) is 18.7 Å². The van der Waals surface area contributed by atoms with E-state index < -0.39 is 23.2 Å². The highest BCUT2D eigenvalue weighted by atomic mass is 19.4. The van der Waals surface area contributed by atoms with Gasteiger partial charge in [0.2, 0.25) is 0 Å². The van der Waals surface area contributed by atoms with Crippen LogP contribution in [0, 0.1) is 17.3 Å². The van der Waals surface area contributed by atoms with Gasteiger partial charge in [-0.05, 0) is 85.6 Å². The van der Waals surface area contributed by atoms with Gasteiger partial charge in [0, 0.05) is 5.41 Å². The second-order valence-electron chi connectivity index (χ2n) is 8.96. The first-order chi connectivity index (χ1) is 13.6. The molecule has 0 N–H and O–H groups in total. The molecule has 0 amide bonds. The molecule has 3 nitrogen and oxygen atoms in total. The number of hydrogen-bond acceptors (Lipinski definition) is 3. The van der Waals surface area contributed by atoms with Gasteiger partial charge in [-0.15, -0.1) is 0 Å². The van der Waals surface area contributed by atoms with Crippen LogP contribution in [0.2, 0.25) is 0 Å². The Morgan fingerprint density at radius 1 is 1.24 bits per heavy atom. The Labute approximate surface area is 169 Å². The van der Waals surface area contributed by atoms with E-state index in [1.54, 1.807) is 7.11 Å². The zero-order valence-corrected chi connectivity index (χ0v) is 16.8. The predicted octanol–water partition coefficient (Wildman–Crippen LogP) is 5.58. The van der Waals surface area contributed by atoms with E-state index in [4.69, 9.17) is 9.47 Å². The minimum atomic E-state index is -5.00. The molecule has 29 heavy (non-hydrogen) atoms. The van der Waals surface area contributed by atoms with Gasteiger partial charge in [0.25, 0.3) is 0 Å². The van der Waals surface area contributed by atoms with E-state index in [9.17, 15) is 18.0 Å². The van der Waals surface area contributed by atoms with Gasteiger partial charge in [-0.3, -0.25) is 0 Å². The molecule has 1 unspecified atom stereocenters. The van der Waals surface area contributed by atoms with Gasteiger partial charge >= 0.3 is 12.1 Å². The number of hydrogen-bond donors (Lipinski definition) is 0. The van der Waals surface area contributed by atoms with Crippen LogP contribution in [-0.4, -0.2) is 24.9 Å². The van der Waals surface area contributed by atoms with Crippen molar-refractivity contribution in [1.82, 2.24) is 0 Å². The van der Waals surface area contributed by atoms with Crippen molar-refractivity contribution in [2.24, 2.45) is 17.3 Å². The second-order valence-corrected chi connectivity index (χ2v) is 8.96. The first-order valence-electron chi connectivity index (χ1n) is 10.3. The highest BCUT2D eigenvalue weighted by Crippen LogP contribution is 2.65. The van der Waals surface area contributed by atoms with E-state index in [0.717, 1.165) is 31.4 Å². The molecule has 2 saturated carbocycles. The molecule has 1 aromatic carbocycles. The maximum Gasteiger partial charge on any atom is 0.490 e. The molecule has 0 heterocycles. The van der Waals surface area contributed by atoms with Gasteiger partial charge in [-0.2, -0.15) is 13.2 Å². The normalized spacial score (nSPS) is 35.8. The molecule has 0 radical (unpaired) electrons. The topological polar surface area (TPSA) is 35.5 Å². The smallest absolute Gasteiger partial charge is 0.490 e. The van der Waals surface area contributed by atoms with E-state index >= 15 is 0 Å². The lowest BCUT2D eigenvalue weighted by Crippen LogP contribution is -2.53. The number of esters is 1. The minimum absolute atomic E-state index is 0.204. The molecular weight excluding hydrogens is 381 g/mol. The Kier molecular flexibility index (Phi) is 4.74. The monoisotopic (exact) mass is 408 g/mol. The summed E-state index contributed by atoms with van der Waals surface area (Å²) in [5.74, 6) is -0.283. The molecule has 3 aliphatic carbocycles. The summed E-state index contributed by atoms with van der Waals surface area (Å²) in [6.07, 6.45) is 1.12. The van der Waals surface area contributed by atoms with Gasteiger partial charge in [0.15, 0.2) is 0 Å². The third-order valence-electron chi connectivity index (χ3n) is 7.95. The maximum absolute atomic E-state index is 12.9. The average Bonchev–Trinajstić information content (AvgIpc) is 2.99. The van der Waals surface area contributed by atoms with E-state index in [-0.39, 0.29) is 5.92 Å². The first kappa shape index (κ1) is 20.3. The van der Waals surface area contributed by atoms with Crippen LogP contribution < -0.4 is 4.74 Å². The molecule has 0 aliphatic heterocycles. The van der Waals surface area contributed by atoms with Crippen LogP contribution in [0.15, 0.2) is 30.9 Å². The van der Waals surface area contributed by atoms with Gasteiger partial charge in [-0.1, -0.05) is 19.6 Å². The third kappa shape index (κ3) is 2.98. The minimum Gasteiger partial charge on any atom is -0.497 e. The van der Waals surface area contributed by atoms with E-state index in [0.29, 0.717) is 24.7 Å². The van der Waals surface area contributed by atoms with Crippen LogP contribution in [0.3, 0.4) is 0 Å². The highest BCUT2D eigenvalue weighted by molar-refractivity contribution is 5.76. The Morgan fingerprint density at radius 2 is 2.00 bits per heavy atom. The van der Waals surface area contributed by atoms with Gasteiger partial charge in [0.05, 0.1) is 7.11 Å². The standard InChI is InChI=1S/C23H27F3O3/c1-4-22(29-20(27)23(24,25)26)12-10-19-18-7-5-14-13-15(28-3)6-8-16(14)17(18)9-11-21(19,22)2/h4,6,8,13,17-19H,1,5,7,9-12H2,2-3H3/t17-,18-,19+,21+,22?/m1/s1. The fraction of sp³-hybridized carbons (Fsp3) is 0.609. The van der Waals surface area contributed by atoms with Crippen LogP contribution in [0.5, 0.6) is 5.75 Å². The average molecular weight is 408 g/mol. The number of methoxy groups -OCH3 is 1. The summed E-state index contributed by atoms with van der Waals surface area (Å²) in [6, 6.07) is 6.24. The Balaban J connectivity index is 1.64. The van der Waals surface area contributed by atoms with Gasteiger partial charge in [0.1, 0.15) is 11.4 Å². The number of carbonyl (C=O) groups excluding carboxylic acids is 1. The molecule has 158 valence electrons. The molecule has 6 heteroatoms. The van der Waals surface area contributed by atoms with Crippen molar-refractivity contribution in [3.05, 3.63) is 42.0 Å². The summed E-state index contributed by atoms with van der Waals surface area (Å²) in [6.45, 7) is 5.78. The molecule has 1 aromatic rings. The summed E-state index contributed by atoms with van der Waals surface area (Å²) in [7, 11) is 1.66. The zero-order chi connectivity index (χ0) is 21.0. The Hall–Kier alpha value is -1.98. The van der Waals surface area contributed by atoms with Crippen molar-refractivity contribution in [2.75, 3.05) is 7.11 Å². The largest absolute Gasteiger partial charge is 0.497 e. The third-order valence-corrected chi connectivity index (χ3v) is 7.95. The number of benzene rings is 1. The van der Waals surface area contributed by atoms with Crippen molar-refractivity contribution >= 4 is 5.97 Å². The Bertz CT molecular complexity index is 833. The van der Waals surface area contributed by atoms with Crippen LogP contribution in [0.4, 0.5) is 13.2 Å². The van der Waals surface area contributed by atoms with Gasteiger partial charge < -0.3 is 9.47 Å². The highest BCUT2D eigenvalue weighted by Gasteiger charge is 2.64. The van der Waals surface area contributed by atoms with Crippen molar-refractivity contribution in [3.8, 4) is 5.75 Å². The number of carbonyl (C=O) groups is 1. The lowest BCUT2D eigenvalue weighted by molar-refractivity contribution is -0.220. The quantitative estimate of drug-likeness (QED) is 0.484. The summed E-state index contributed by atoms with van der Waals surface area (Å²) in [4.78, 5) is 11.7. The number of alkyl halides is 3. The molecule has 3 aliphatic rings. The fourth-order valence-electron chi connectivity index (χ4n) is 6.49. The van der Waals surface area contributed by atoms with Crippen LogP contribution in [0.1, 0.15) is 56.1 Å². The molecule has 0 spiro atoms. The summed E-state index contributed by atoms with van der Waals surface area (Å²) in [5.41, 5.74) is 0.870. The van der Waals surface area contributed by atoms with Crippen molar-refractivity contribution in [1.29, 1.82) is 0 Å². The predicted molar refractivity (Wildman–Crippen MR) is 103 cm³/mol. The lowest BCUT2D eigenvalue weighted by atomic mass is 9.53. The molecule has 5 atom stereocenters. The lowest BCUT2D eigenvalue weighted by Gasteiger charge is -2.53. The molecule has 0 saturated heterocycles. The van der Waals surface area contributed by atoms with Crippen molar-refractivity contribution in [2.45, 2.75) is 63.1 Å². The maximum atomic E-state index is 12.9. The summed E-state index contributed by atoms with van der Waals surface area (Å²) in [5, 5.41) is 0. The van der Waals surface area contributed by atoms with Crippen molar-refractivity contribution in [3.63, 3.8) is 0 Å². The van der Waals surface area contributed by atoms with E-state index in [1.807, 2.05) is 13.0 Å². The fourth-order valence-corrected chi connectivity index (χ4v) is 6.49. The molecular formula is C23H27F3O3. The number of aryl methyl sites for hydroxylation is 1. The summed E-state index contributed by atoms with van der Waals surface area (Å²) < 4.78 is 49.3. The second kappa shape index (κ2) is 6.78. The summed E-state index contributed by atoms with van der Waals surface area (Å²) >= 11 is 0. The number of rotatable bonds is 3. The Morgan fingerprint density at radius 3 is 2.66 bits per heavy atom. The van der Waals surface area contributed by atoms with Crippen molar-refractivity contribution < 1.29 is 27.4 Å². The molecule has 2 fully saturated rings. The SMILES string of the molecule is C=CC1(OC(=O)C(F)(F)F)CC[C@H]2[C@@H]3CCc4cc(OC)ccc4[C@H]3CC[C@@]21C. The molecule has 0 aromatic heterocycles.